The number of ether oxygens (including phenoxy) is 1. The maximum atomic E-state index is 12.6. The maximum Gasteiger partial charge on any atom is 0.253 e. The molecule has 0 fully saturated rings. The fraction of sp³-hybridized carbons (Fsp3) is 0.323. The van der Waals surface area contributed by atoms with Crippen molar-refractivity contribution in [2.24, 2.45) is 0 Å². The maximum absolute atomic E-state index is 12.6. The van der Waals surface area contributed by atoms with E-state index in [2.05, 4.69) is 5.32 Å². The molecule has 3 amide bonds. The van der Waals surface area contributed by atoms with Gasteiger partial charge in [-0.1, -0.05) is 55.3 Å². The highest BCUT2D eigenvalue weighted by Gasteiger charge is 2.14. The van der Waals surface area contributed by atoms with Crippen LogP contribution >= 0.6 is 0 Å². The zero-order chi connectivity index (χ0) is 28.2. The van der Waals surface area contributed by atoms with Crippen molar-refractivity contribution in [1.82, 2.24) is 15.7 Å². The van der Waals surface area contributed by atoms with Crippen molar-refractivity contribution in [2.75, 3.05) is 27.7 Å². The van der Waals surface area contributed by atoms with Crippen LogP contribution in [0.4, 0.5) is 0 Å². The van der Waals surface area contributed by atoms with E-state index >= 15 is 0 Å². The Bertz CT molecular complexity index is 1270. The summed E-state index contributed by atoms with van der Waals surface area (Å²) in [6.45, 7) is 0.560. The number of nitrogens with one attached hydrogen (secondary N) is 2. The number of methoxy groups -OCH3 is 1. The van der Waals surface area contributed by atoms with Crippen LogP contribution < -0.4 is 15.5 Å². The number of hydroxylamine groups is 1. The molecule has 206 valence electrons. The molecule has 0 radical (unpaired) electrons. The SMILES string of the molecule is COc1c(Cc2cccc(C(=O)N(C)C)c2)cccc1-c1ccc(C(=O)NCCCCCCC(=O)NO)cc1. The molecule has 8 nitrogen and oxygen atoms in total. The van der Waals surface area contributed by atoms with Crippen LogP contribution in [-0.4, -0.2) is 55.6 Å². The molecule has 0 saturated heterocycles. The first-order valence-electron chi connectivity index (χ1n) is 13.1. The van der Waals surface area contributed by atoms with Gasteiger partial charge in [0.2, 0.25) is 5.91 Å². The van der Waals surface area contributed by atoms with Gasteiger partial charge in [-0.3, -0.25) is 19.6 Å². The molecular weight excluding hydrogens is 494 g/mol. The average molecular weight is 532 g/mol. The van der Waals surface area contributed by atoms with Crippen molar-refractivity contribution in [2.45, 2.75) is 38.5 Å². The number of nitrogens with zero attached hydrogens (tertiary/aromatic N) is 1. The molecule has 0 unspecified atom stereocenters. The Morgan fingerprint density at radius 1 is 0.872 bits per heavy atom. The normalized spacial score (nSPS) is 10.6. The third kappa shape index (κ3) is 8.41. The lowest BCUT2D eigenvalue weighted by Crippen LogP contribution is -2.24. The number of rotatable bonds is 13. The van der Waals surface area contributed by atoms with Crippen LogP contribution in [0.15, 0.2) is 66.7 Å². The number of carbonyl (C=O) groups is 3. The lowest BCUT2D eigenvalue weighted by molar-refractivity contribution is -0.129. The smallest absolute Gasteiger partial charge is 0.253 e. The first-order valence-corrected chi connectivity index (χ1v) is 13.1. The third-order valence-corrected chi connectivity index (χ3v) is 6.47. The zero-order valence-electron chi connectivity index (χ0n) is 22.8. The van der Waals surface area contributed by atoms with Crippen molar-refractivity contribution < 1.29 is 24.3 Å². The molecule has 3 rings (SSSR count). The molecule has 0 aliphatic carbocycles. The fourth-order valence-corrected chi connectivity index (χ4v) is 4.41. The van der Waals surface area contributed by atoms with E-state index in [1.54, 1.807) is 43.7 Å². The second-order valence-corrected chi connectivity index (χ2v) is 9.61. The van der Waals surface area contributed by atoms with Gasteiger partial charge in [0, 0.05) is 50.2 Å². The molecule has 0 heterocycles. The predicted molar refractivity (Wildman–Crippen MR) is 151 cm³/mol. The van der Waals surface area contributed by atoms with Crippen LogP contribution in [0.2, 0.25) is 0 Å². The van der Waals surface area contributed by atoms with E-state index in [4.69, 9.17) is 9.94 Å². The third-order valence-electron chi connectivity index (χ3n) is 6.47. The summed E-state index contributed by atoms with van der Waals surface area (Å²) < 4.78 is 5.82. The van der Waals surface area contributed by atoms with E-state index in [1.165, 1.54) is 0 Å². The molecular formula is C31H37N3O5. The topological polar surface area (TPSA) is 108 Å². The molecule has 8 heteroatoms. The number of amides is 3. The van der Waals surface area contributed by atoms with Gasteiger partial charge in [0.1, 0.15) is 5.75 Å². The van der Waals surface area contributed by atoms with E-state index in [0.29, 0.717) is 36.9 Å². The molecule has 0 aliphatic rings. The van der Waals surface area contributed by atoms with E-state index in [-0.39, 0.29) is 17.7 Å². The van der Waals surface area contributed by atoms with E-state index in [9.17, 15) is 14.4 Å². The van der Waals surface area contributed by atoms with Crippen molar-refractivity contribution >= 4 is 17.7 Å². The Labute approximate surface area is 229 Å². The van der Waals surface area contributed by atoms with E-state index in [1.807, 2.05) is 54.6 Å². The summed E-state index contributed by atoms with van der Waals surface area (Å²) in [5.74, 6) is 0.218. The van der Waals surface area contributed by atoms with Crippen molar-refractivity contribution in [1.29, 1.82) is 0 Å². The highest BCUT2D eigenvalue weighted by atomic mass is 16.5. The van der Waals surface area contributed by atoms with Crippen LogP contribution in [0.1, 0.15) is 63.9 Å². The van der Waals surface area contributed by atoms with Crippen molar-refractivity contribution in [3.63, 3.8) is 0 Å². The molecule has 3 aromatic rings. The van der Waals surface area contributed by atoms with Crippen LogP contribution in [0.3, 0.4) is 0 Å². The Balaban J connectivity index is 1.63. The van der Waals surface area contributed by atoms with E-state index < -0.39 is 0 Å². The number of benzene rings is 3. The molecule has 0 aliphatic heterocycles. The number of hydrogen-bond donors (Lipinski definition) is 3. The van der Waals surface area contributed by atoms with Gasteiger partial charge < -0.3 is 15.0 Å². The number of unbranched alkanes of at least 4 members (excludes halogenated alkanes) is 3. The van der Waals surface area contributed by atoms with Gasteiger partial charge in [-0.2, -0.15) is 0 Å². The van der Waals surface area contributed by atoms with Crippen LogP contribution in [0.5, 0.6) is 5.75 Å². The Hall–Kier alpha value is -4.17. The molecule has 0 bridgehead atoms. The summed E-state index contributed by atoms with van der Waals surface area (Å²) in [4.78, 5) is 37.5. The molecule has 0 saturated carbocycles. The summed E-state index contributed by atoms with van der Waals surface area (Å²) in [7, 11) is 5.13. The zero-order valence-corrected chi connectivity index (χ0v) is 22.8. The highest BCUT2D eigenvalue weighted by Crippen LogP contribution is 2.34. The summed E-state index contributed by atoms with van der Waals surface area (Å²) in [6.07, 6.45) is 4.19. The molecule has 3 aromatic carbocycles. The number of hydrogen-bond acceptors (Lipinski definition) is 5. The van der Waals surface area contributed by atoms with Gasteiger partial charge in [0.15, 0.2) is 0 Å². The van der Waals surface area contributed by atoms with Gasteiger partial charge in [0.25, 0.3) is 11.8 Å². The van der Waals surface area contributed by atoms with Gasteiger partial charge >= 0.3 is 0 Å². The quantitative estimate of drug-likeness (QED) is 0.166. The fourth-order valence-electron chi connectivity index (χ4n) is 4.41. The summed E-state index contributed by atoms with van der Waals surface area (Å²) in [5.41, 5.74) is 6.74. The lowest BCUT2D eigenvalue weighted by atomic mass is 9.96. The Morgan fingerprint density at radius 2 is 1.59 bits per heavy atom. The largest absolute Gasteiger partial charge is 0.496 e. The van der Waals surface area contributed by atoms with Gasteiger partial charge in [-0.15, -0.1) is 0 Å². The first-order chi connectivity index (χ1) is 18.8. The molecule has 0 atom stereocenters. The van der Waals surface area contributed by atoms with E-state index in [0.717, 1.165) is 47.3 Å². The van der Waals surface area contributed by atoms with Crippen LogP contribution in [0.25, 0.3) is 11.1 Å². The van der Waals surface area contributed by atoms with Crippen molar-refractivity contribution in [3.05, 3.63) is 89.0 Å². The second kappa shape index (κ2) is 14.7. The van der Waals surface area contributed by atoms with Crippen LogP contribution in [0, 0.1) is 0 Å². The Morgan fingerprint density at radius 3 is 2.28 bits per heavy atom. The molecule has 0 aromatic heterocycles. The van der Waals surface area contributed by atoms with Gasteiger partial charge in [0.05, 0.1) is 7.11 Å². The second-order valence-electron chi connectivity index (χ2n) is 9.61. The number of carbonyl (C=O) groups excluding carboxylic acids is 3. The highest BCUT2D eigenvalue weighted by molar-refractivity contribution is 5.95. The summed E-state index contributed by atoms with van der Waals surface area (Å²) in [5, 5.41) is 11.4. The first kappa shape index (κ1) is 29.4. The molecule has 0 spiro atoms. The van der Waals surface area contributed by atoms with Gasteiger partial charge in [-0.05, 0) is 53.8 Å². The summed E-state index contributed by atoms with van der Waals surface area (Å²) in [6, 6.07) is 21.1. The minimum absolute atomic E-state index is 0.0357. The lowest BCUT2D eigenvalue weighted by Gasteiger charge is -2.15. The summed E-state index contributed by atoms with van der Waals surface area (Å²) >= 11 is 0. The average Bonchev–Trinajstić information content (AvgIpc) is 2.96. The minimum atomic E-state index is -0.376. The van der Waals surface area contributed by atoms with Gasteiger partial charge in [-0.25, -0.2) is 5.48 Å². The van der Waals surface area contributed by atoms with Crippen molar-refractivity contribution in [3.8, 4) is 16.9 Å². The standard InChI is InChI=1S/C31H37N3O5/c1-34(2)31(37)26-12-8-10-22(21-26)20-25-11-9-13-27(29(25)39-3)23-15-17-24(18-16-23)30(36)32-19-7-5-4-6-14-28(35)33-38/h8-13,15-18,21,38H,4-7,14,19-20H2,1-3H3,(H,32,36)(H,33,35). The number of para-hydroxylation sites is 1. The minimum Gasteiger partial charge on any atom is -0.496 e. The Kier molecular flexibility index (Phi) is 11.1. The predicted octanol–water partition coefficient (Wildman–Crippen LogP) is 4.84. The molecule has 3 N–H and O–H groups in total. The monoisotopic (exact) mass is 531 g/mol. The molecule has 39 heavy (non-hydrogen) atoms. The van der Waals surface area contributed by atoms with Crippen LogP contribution in [-0.2, 0) is 11.2 Å².